The third kappa shape index (κ3) is 3.92. The molecule has 1 atom stereocenters. The topological polar surface area (TPSA) is 85.2 Å². The van der Waals surface area contributed by atoms with Crippen molar-refractivity contribution in [2.75, 3.05) is 0 Å². The van der Waals surface area contributed by atoms with Crippen molar-refractivity contribution in [1.82, 2.24) is 4.98 Å². The number of aromatic nitrogens is 1. The third-order valence-electron chi connectivity index (χ3n) is 3.37. The van der Waals surface area contributed by atoms with Crippen LogP contribution in [0.3, 0.4) is 0 Å². The zero-order chi connectivity index (χ0) is 15.2. The van der Waals surface area contributed by atoms with E-state index in [-0.39, 0.29) is 6.42 Å². The number of para-hydroxylation sites is 1. The van der Waals surface area contributed by atoms with Crippen molar-refractivity contribution in [3.63, 3.8) is 0 Å². The molecule has 0 saturated heterocycles. The van der Waals surface area contributed by atoms with Gasteiger partial charge >= 0.3 is 11.9 Å². The molecular weight excluding hydrogens is 268 g/mol. The Morgan fingerprint density at radius 2 is 2.10 bits per heavy atom. The molecule has 0 radical (unpaired) electrons. The van der Waals surface area contributed by atoms with Crippen LogP contribution in [0.2, 0.25) is 0 Å². The maximum Gasteiger partial charge on any atom is 0.330 e. The van der Waals surface area contributed by atoms with E-state index < -0.39 is 18.0 Å². The van der Waals surface area contributed by atoms with Gasteiger partial charge in [0.1, 0.15) is 6.04 Å². The molecule has 3 N–H and O–H groups in total. The molecule has 5 heteroatoms. The normalized spacial score (nSPS) is 12.3. The molecule has 0 aliphatic heterocycles. The van der Waals surface area contributed by atoms with Crippen LogP contribution in [0, 0.1) is 0 Å². The molecule has 1 heterocycles. The number of carbonyl (C=O) groups is 2. The number of carbonyl (C=O) groups excluding carboxylic acids is 2. The molecule has 2 aromatic rings. The van der Waals surface area contributed by atoms with Gasteiger partial charge in [0.15, 0.2) is 0 Å². The summed E-state index contributed by atoms with van der Waals surface area (Å²) in [4.78, 5) is 26.4. The number of rotatable bonds is 6. The number of ether oxygens (including phenoxy) is 1. The summed E-state index contributed by atoms with van der Waals surface area (Å²) >= 11 is 0. The first-order valence-electron chi connectivity index (χ1n) is 7.17. The van der Waals surface area contributed by atoms with Gasteiger partial charge in [-0.3, -0.25) is 4.79 Å². The summed E-state index contributed by atoms with van der Waals surface area (Å²) in [6.45, 7) is 1.97. The summed E-state index contributed by atoms with van der Waals surface area (Å²) in [5.74, 6) is -1.17. The summed E-state index contributed by atoms with van der Waals surface area (Å²) in [5, 5.41) is 1.03. The van der Waals surface area contributed by atoms with Gasteiger partial charge < -0.3 is 15.5 Å². The molecule has 0 aliphatic rings. The minimum atomic E-state index is -0.838. The number of hydrogen-bond donors (Lipinski definition) is 2. The number of hydrogen-bond acceptors (Lipinski definition) is 4. The summed E-state index contributed by atoms with van der Waals surface area (Å²) in [6, 6.07) is 6.94. The lowest BCUT2D eigenvalue weighted by atomic mass is 10.1. The van der Waals surface area contributed by atoms with E-state index in [1.54, 1.807) is 0 Å². The van der Waals surface area contributed by atoms with E-state index in [1.807, 2.05) is 37.4 Å². The lowest BCUT2D eigenvalue weighted by molar-refractivity contribution is -0.160. The average Bonchev–Trinajstić information content (AvgIpc) is 2.88. The average molecular weight is 288 g/mol. The van der Waals surface area contributed by atoms with Gasteiger partial charge in [-0.1, -0.05) is 31.5 Å². The lowest BCUT2D eigenvalue weighted by Crippen LogP contribution is -2.35. The highest BCUT2D eigenvalue weighted by molar-refractivity contribution is 5.89. The van der Waals surface area contributed by atoms with E-state index in [0.29, 0.717) is 12.8 Å². The Hall–Kier alpha value is -2.14. The van der Waals surface area contributed by atoms with Crippen molar-refractivity contribution in [1.29, 1.82) is 0 Å². The molecule has 0 unspecified atom stereocenters. The smallest absolute Gasteiger partial charge is 0.330 e. The minimum Gasteiger partial charge on any atom is -0.392 e. The predicted molar refractivity (Wildman–Crippen MR) is 80.6 cm³/mol. The third-order valence-corrected chi connectivity index (χ3v) is 3.37. The first-order valence-corrected chi connectivity index (χ1v) is 7.17. The standard InChI is InChI=1S/C16H20N2O3/c1-2-3-8-15(19)21-16(20)13(17)9-11-10-18-14-7-5-4-6-12(11)14/h4-7,10,13,18H,2-3,8-9,17H2,1H3/t13-/m0/s1. The summed E-state index contributed by atoms with van der Waals surface area (Å²) < 4.78 is 4.76. The van der Waals surface area contributed by atoms with Crippen LogP contribution in [0.25, 0.3) is 10.9 Å². The van der Waals surface area contributed by atoms with Crippen molar-refractivity contribution in [3.05, 3.63) is 36.0 Å². The number of fused-ring (bicyclic) bond motifs is 1. The molecule has 5 nitrogen and oxygen atoms in total. The van der Waals surface area contributed by atoms with E-state index in [9.17, 15) is 9.59 Å². The van der Waals surface area contributed by atoms with E-state index in [1.165, 1.54) is 0 Å². The fraction of sp³-hybridized carbons (Fsp3) is 0.375. The van der Waals surface area contributed by atoms with Gasteiger partial charge in [-0.05, 0) is 18.1 Å². The van der Waals surface area contributed by atoms with Gasteiger partial charge in [0.05, 0.1) is 0 Å². The Morgan fingerprint density at radius 1 is 1.33 bits per heavy atom. The number of unbranched alkanes of at least 4 members (excludes halogenated alkanes) is 1. The highest BCUT2D eigenvalue weighted by Gasteiger charge is 2.20. The fourth-order valence-corrected chi connectivity index (χ4v) is 2.18. The van der Waals surface area contributed by atoms with Crippen molar-refractivity contribution >= 4 is 22.8 Å². The van der Waals surface area contributed by atoms with Crippen LogP contribution in [0.5, 0.6) is 0 Å². The molecular formula is C16H20N2O3. The van der Waals surface area contributed by atoms with Crippen molar-refractivity contribution in [2.45, 2.75) is 38.6 Å². The zero-order valence-corrected chi connectivity index (χ0v) is 12.1. The fourth-order valence-electron chi connectivity index (χ4n) is 2.18. The van der Waals surface area contributed by atoms with E-state index in [2.05, 4.69) is 4.98 Å². The van der Waals surface area contributed by atoms with E-state index in [4.69, 9.17) is 10.5 Å². The zero-order valence-electron chi connectivity index (χ0n) is 12.1. The van der Waals surface area contributed by atoms with Gasteiger partial charge in [-0.25, -0.2) is 4.79 Å². The van der Waals surface area contributed by atoms with Gasteiger partial charge in [0, 0.05) is 29.9 Å². The molecule has 2 rings (SSSR count). The number of nitrogens with two attached hydrogens (primary N) is 1. The number of benzene rings is 1. The summed E-state index contributed by atoms with van der Waals surface area (Å²) in [6.07, 6.45) is 4.01. The number of H-pyrrole nitrogens is 1. The SMILES string of the molecule is CCCCC(=O)OC(=O)[C@@H](N)Cc1c[nH]c2ccccc12. The molecule has 0 bridgehead atoms. The molecule has 0 spiro atoms. The van der Waals surface area contributed by atoms with Gasteiger partial charge in [-0.2, -0.15) is 0 Å². The number of nitrogens with one attached hydrogen (secondary N) is 1. The number of aromatic amines is 1. The van der Waals surface area contributed by atoms with Crippen molar-refractivity contribution in [3.8, 4) is 0 Å². The molecule has 0 amide bonds. The minimum absolute atomic E-state index is 0.252. The van der Waals surface area contributed by atoms with Crippen molar-refractivity contribution in [2.24, 2.45) is 5.73 Å². The van der Waals surface area contributed by atoms with Gasteiger partial charge in [0.2, 0.25) is 0 Å². The Bertz CT molecular complexity index is 633. The van der Waals surface area contributed by atoms with Crippen LogP contribution in [0.15, 0.2) is 30.5 Å². The predicted octanol–water partition coefficient (Wildman–Crippen LogP) is 2.30. The molecule has 1 aromatic carbocycles. The van der Waals surface area contributed by atoms with Crippen LogP contribution in [-0.4, -0.2) is 23.0 Å². The number of esters is 2. The molecule has 0 fully saturated rings. The van der Waals surface area contributed by atoms with E-state index >= 15 is 0 Å². The highest BCUT2D eigenvalue weighted by Crippen LogP contribution is 2.19. The second kappa shape index (κ2) is 7.04. The Labute approximate surface area is 123 Å². The second-order valence-electron chi connectivity index (χ2n) is 5.07. The van der Waals surface area contributed by atoms with Crippen LogP contribution >= 0.6 is 0 Å². The summed E-state index contributed by atoms with van der Waals surface area (Å²) in [5.41, 5.74) is 7.77. The Balaban J connectivity index is 1.96. The molecule has 0 aliphatic carbocycles. The maximum atomic E-state index is 11.8. The quantitative estimate of drug-likeness (QED) is 0.631. The summed E-state index contributed by atoms with van der Waals surface area (Å²) in [7, 11) is 0. The molecule has 0 saturated carbocycles. The maximum absolute atomic E-state index is 11.8. The highest BCUT2D eigenvalue weighted by atomic mass is 16.6. The van der Waals surface area contributed by atoms with E-state index in [0.717, 1.165) is 22.9 Å². The van der Waals surface area contributed by atoms with Gasteiger partial charge in [0.25, 0.3) is 0 Å². The van der Waals surface area contributed by atoms with Crippen LogP contribution < -0.4 is 5.73 Å². The van der Waals surface area contributed by atoms with Crippen LogP contribution in [-0.2, 0) is 20.7 Å². The first kappa shape index (κ1) is 15.3. The second-order valence-corrected chi connectivity index (χ2v) is 5.07. The monoisotopic (exact) mass is 288 g/mol. The Morgan fingerprint density at radius 3 is 2.86 bits per heavy atom. The largest absolute Gasteiger partial charge is 0.392 e. The molecule has 21 heavy (non-hydrogen) atoms. The van der Waals surface area contributed by atoms with Crippen LogP contribution in [0.4, 0.5) is 0 Å². The van der Waals surface area contributed by atoms with Crippen LogP contribution in [0.1, 0.15) is 31.7 Å². The Kier molecular flexibility index (Phi) is 5.11. The molecule has 112 valence electrons. The van der Waals surface area contributed by atoms with Crippen molar-refractivity contribution < 1.29 is 14.3 Å². The lowest BCUT2D eigenvalue weighted by Gasteiger charge is -2.09. The molecule has 1 aromatic heterocycles. The first-order chi connectivity index (χ1) is 10.1. The van der Waals surface area contributed by atoms with Gasteiger partial charge in [-0.15, -0.1) is 0 Å².